The van der Waals surface area contributed by atoms with Gasteiger partial charge in [-0.25, -0.2) is 9.97 Å². The summed E-state index contributed by atoms with van der Waals surface area (Å²) in [6.07, 6.45) is 7.68. The molecule has 2 fully saturated rings. The van der Waals surface area contributed by atoms with Crippen molar-refractivity contribution in [1.29, 1.82) is 0 Å². The topological polar surface area (TPSA) is 58.1 Å². The van der Waals surface area contributed by atoms with Gasteiger partial charge in [0.1, 0.15) is 12.0 Å². The highest BCUT2D eigenvalue weighted by Crippen LogP contribution is 2.30. The predicted molar refractivity (Wildman–Crippen MR) is 67.1 cm³/mol. The molecule has 5 nitrogen and oxygen atoms in total. The Bertz CT molecular complexity index is 418. The molecule has 0 radical (unpaired) electrons. The van der Waals surface area contributed by atoms with Crippen LogP contribution in [-0.2, 0) is 0 Å². The van der Waals surface area contributed by atoms with E-state index in [0.717, 1.165) is 32.5 Å². The SMILES string of the molecule is O=C(c1ccncn1)N1CCC2(CCCN2)CC1. The van der Waals surface area contributed by atoms with Crippen LogP contribution in [0.3, 0.4) is 0 Å². The van der Waals surface area contributed by atoms with Crippen molar-refractivity contribution in [3.05, 3.63) is 24.3 Å². The Labute approximate surface area is 107 Å². The molecule has 3 rings (SSSR count). The zero-order chi connectivity index (χ0) is 12.4. The van der Waals surface area contributed by atoms with Crippen LogP contribution in [0.2, 0.25) is 0 Å². The molecule has 5 heteroatoms. The van der Waals surface area contributed by atoms with Gasteiger partial charge in [0.25, 0.3) is 5.91 Å². The van der Waals surface area contributed by atoms with E-state index >= 15 is 0 Å². The number of piperidine rings is 1. The first-order valence-corrected chi connectivity index (χ1v) is 6.59. The molecule has 0 aromatic carbocycles. The number of nitrogens with zero attached hydrogens (tertiary/aromatic N) is 3. The smallest absolute Gasteiger partial charge is 0.272 e. The maximum absolute atomic E-state index is 12.2. The molecular formula is C13H18N4O. The molecule has 3 heterocycles. The average Bonchev–Trinajstić information content (AvgIpc) is 2.88. The van der Waals surface area contributed by atoms with Crippen LogP contribution >= 0.6 is 0 Å². The van der Waals surface area contributed by atoms with Crippen molar-refractivity contribution in [2.45, 2.75) is 31.2 Å². The van der Waals surface area contributed by atoms with Crippen LogP contribution in [0.4, 0.5) is 0 Å². The summed E-state index contributed by atoms with van der Waals surface area (Å²) in [7, 11) is 0. The lowest BCUT2D eigenvalue weighted by atomic mass is 9.86. The van der Waals surface area contributed by atoms with Gasteiger partial charge in [-0.3, -0.25) is 4.79 Å². The van der Waals surface area contributed by atoms with E-state index in [1.165, 1.54) is 19.2 Å². The second-order valence-electron chi connectivity index (χ2n) is 5.20. The van der Waals surface area contributed by atoms with Gasteiger partial charge in [0.05, 0.1) is 0 Å². The van der Waals surface area contributed by atoms with Gasteiger partial charge in [-0.1, -0.05) is 0 Å². The molecule has 18 heavy (non-hydrogen) atoms. The summed E-state index contributed by atoms with van der Waals surface area (Å²) >= 11 is 0. The van der Waals surface area contributed by atoms with Gasteiger partial charge >= 0.3 is 0 Å². The molecule has 0 bridgehead atoms. The molecule has 1 amide bonds. The summed E-state index contributed by atoms with van der Waals surface area (Å²) in [5.41, 5.74) is 0.808. The molecule has 1 spiro atoms. The van der Waals surface area contributed by atoms with Crippen LogP contribution in [0.1, 0.15) is 36.2 Å². The molecular weight excluding hydrogens is 228 g/mol. The first-order chi connectivity index (χ1) is 8.79. The van der Waals surface area contributed by atoms with E-state index in [1.807, 2.05) is 4.90 Å². The van der Waals surface area contributed by atoms with Crippen LogP contribution in [-0.4, -0.2) is 45.9 Å². The Balaban J connectivity index is 1.64. The lowest BCUT2D eigenvalue weighted by molar-refractivity contribution is 0.0651. The van der Waals surface area contributed by atoms with Gasteiger partial charge in [0.15, 0.2) is 0 Å². The minimum atomic E-state index is 0.0326. The molecule has 1 aromatic rings. The van der Waals surface area contributed by atoms with Crippen molar-refractivity contribution in [3.63, 3.8) is 0 Å². The fourth-order valence-electron chi connectivity index (χ4n) is 3.01. The number of likely N-dealkylation sites (tertiary alicyclic amines) is 1. The maximum atomic E-state index is 12.2. The molecule has 1 N–H and O–H groups in total. The number of aromatic nitrogens is 2. The summed E-state index contributed by atoms with van der Waals surface area (Å²) in [6, 6.07) is 1.68. The minimum Gasteiger partial charge on any atom is -0.337 e. The zero-order valence-corrected chi connectivity index (χ0v) is 10.4. The molecule has 0 aliphatic carbocycles. The predicted octanol–water partition coefficient (Wildman–Crippen LogP) is 0.835. The molecule has 2 aliphatic rings. The number of carbonyl (C=O) groups is 1. The number of amides is 1. The van der Waals surface area contributed by atoms with Gasteiger partial charge in [-0.2, -0.15) is 0 Å². The monoisotopic (exact) mass is 246 g/mol. The maximum Gasteiger partial charge on any atom is 0.272 e. The van der Waals surface area contributed by atoms with Crippen LogP contribution < -0.4 is 5.32 Å². The normalized spacial score (nSPS) is 22.3. The average molecular weight is 246 g/mol. The van der Waals surface area contributed by atoms with Crippen molar-refractivity contribution in [2.75, 3.05) is 19.6 Å². The number of hydrogen-bond donors (Lipinski definition) is 1. The summed E-state index contributed by atoms with van der Waals surface area (Å²) in [4.78, 5) is 22.0. The standard InChI is InChI=1S/C13H18N4O/c18-12(11-2-7-14-10-15-11)17-8-4-13(5-9-17)3-1-6-16-13/h2,7,10,16H,1,3-6,8-9H2. The second kappa shape index (κ2) is 4.65. The molecule has 2 saturated heterocycles. The summed E-state index contributed by atoms with van der Waals surface area (Å²) in [5, 5.41) is 3.61. The van der Waals surface area contributed by atoms with E-state index in [9.17, 15) is 4.79 Å². The fourth-order valence-corrected chi connectivity index (χ4v) is 3.01. The number of hydrogen-bond acceptors (Lipinski definition) is 4. The highest BCUT2D eigenvalue weighted by atomic mass is 16.2. The van der Waals surface area contributed by atoms with Crippen molar-refractivity contribution in [3.8, 4) is 0 Å². The number of rotatable bonds is 1. The van der Waals surface area contributed by atoms with Crippen LogP contribution in [0.5, 0.6) is 0 Å². The summed E-state index contributed by atoms with van der Waals surface area (Å²) < 4.78 is 0. The van der Waals surface area contributed by atoms with Gasteiger partial charge in [0.2, 0.25) is 0 Å². The lowest BCUT2D eigenvalue weighted by Crippen LogP contribution is -2.51. The van der Waals surface area contributed by atoms with Crippen molar-refractivity contribution in [2.24, 2.45) is 0 Å². The summed E-state index contributed by atoms with van der Waals surface area (Å²) in [5.74, 6) is 0.0326. The zero-order valence-electron chi connectivity index (χ0n) is 10.4. The van der Waals surface area contributed by atoms with Crippen molar-refractivity contribution < 1.29 is 4.79 Å². The Kier molecular flexibility index (Phi) is 2.99. The molecule has 96 valence electrons. The van der Waals surface area contributed by atoms with Crippen LogP contribution in [0.25, 0.3) is 0 Å². The number of carbonyl (C=O) groups excluding carboxylic acids is 1. The Morgan fingerprint density at radius 2 is 2.17 bits per heavy atom. The molecule has 0 unspecified atom stereocenters. The third kappa shape index (κ3) is 2.10. The largest absolute Gasteiger partial charge is 0.337 e. The molecule has 0 atom stereocenters. The van der Waals surface area contributed by atoms with Crippen molar-refractivity contribution >= 4 is 5.91 Å². The Morgan fingerprint density at radius 3 is 2.78 bits per heavy atom. The third-order valence-electron chi connectivity index (χ3n) is 4.14. The van der Waals surface area contributed by atoms with E-state index in [-0.39, 0.29) is 5.91 Å². The Hall–Kier alpha value is -1.49. The quantitative estimate of drug-likeness (QED) is 0.797. The third-order valence-corrected chi connectivity index (χ3v) is 4.14. The Morgan fingerprint density at radius 1 is 1.33 bits per heavy atom. The van der Waals surface area contributed by atoms with E-state index < -0.39 is 0 Å². The second-order valence-corrected chi connectivity index (χ2v) is 5.20. The fraction of sp³-hybridized carbons (Fsp3) is 0.615. The highest BCUT2D eigenvalue weighted by Gasteiger charge is 2.37. The van der Waals surface area contributed by atoms with E-state index in [0.29, 0.717) is 11.2 Å². The molecule has 2 aliphatic heterocycles. The van der Waals surface area contributed by atoms with Gasteiger partial charge in [-0.15, -0.1) is 0 Å². The van der Waals surface area contributed by atoms with E-state index in [2.05, 4.69) is 15.3 Å². The van der Waals surface area contributed by atoms with Crippen LogP contribution in [0.15, 0.2) is 18.6 Å². The molecule has 1 aromatic heterocycles. The van der Waals surface area contributed by atoms with Gasteiger partial charge < -0.3 is 10.2 Å². The minimum absolute atomic E-state index is 0.0326. The van der Waals surface area contributed by atoms with Gasteiger partial charge in [-0.05, 0) is 38.3 Å². The van der Waals surface area contributed by atoms with E-state index in [1.54, 1.807) is 12.3 Å². The van der Waals surface area contributed by atoms with Crippen molar-refractivity contribution in [1.82, 2.24) is 20.2 Å². The lowest BCUT2D eigenvalue weighted by Gasteiger charge is -2.39. The summed E-state index contributed by atoms with van der Waals surface area (Å²) in [6.45, 7) is 2.78. The first-order valence-electron chi connectivity index (χ1n) is 6.59. The molecule has 0 saturated carbocycles. The van der Waals surface area contributed by atoms with Crippen LogP contribution in [0, 0.1) is 0 Å². The highest BCUT2D eigenvalue weighted by molar-refractivity contribution is 5.92. The number of nitrogens with one attached hydrogen (secondary N) is 1. The van der Waals surface area contributed by atoms with E-state index in [4.69, 9.17) is 0 Å². The first kappa shape index (κ1) is 11.6. The van der Waals surface area contributed by atoms with Gasteiger partial charge in [0, 0.05) is 24.8 Å².